The molecule has 0 saturated heterocycles. The summed E-state index contributed by atoms with van der Waals surface area (Å²) >= 11 is 0. The predicted octanol–water partition coefficient (Wildman–Crippen LogP) is 2.59. The Labute approximate surface area is 95.7 Å². The van der Waals surface area contributed by atoms with Gasteiger partial charge in [-0.05, 0) is 13.3 Å². The van der Waals surface area contributed by atoms with Crippen molar-refractivity contribution >= 4 is 17.0 Å². The molecule has 5 heteroatoms. The Hall–Kier alpha value is -1.65. The molecule has 16 heavy (non-hydrogen) atoms. The Bertz CT molecular complexity index is 423. The standard InChI is InChI=1S/C9H13N5.C2H6/c1-3-6(2)14-9-7-8(11-4-10-7)12-5-13-9;1-2/h4-6H,3H2,1-2H3,(H2,10,11,12,13,14);1-2H3. The minimum absolute atomic E-state index is 0.399. The van der Waals surface area contributed by atoms with E-state index in [-0.39, 0.29) is 0 Å². The first kappa shape index (κ1) is 12.4. The van der Waals surface area contributed by atoms with Crippen molar-refractivity contribution in [2.45, 2.75) is 40.2 Å². The Kier molecular flexibility index (Phi) is 4.69. The molecule has 0 aliphatic carbocycles. The second-order valence-corrected chi connectivity index (χ2v) is 3.28. The lowest BCUT2D eigenvalue weighted by Gasteiger charge is -2.11. The fraction of sp³-hybridized carbons (Fsp3) is 0.545. The number of nitrogens with zero attached hydrogens (tertiary/aromatic N) is 3. The van der Waals surface area contributed by atoms with Gasteiger partial charge in [0.15, 0.2) is 11.5 Å². The number of rotatable bonds is 3. The van der Waals surface area contributed by atoms with E-state index in [0.29, 0.717) is 11.7 Å². The Balaban J connectivity index is 0.000000606. The molecule has 0 aliphatic rings. The summed E-state index contributed by atoms with van der Waals surface area (Å²) in [6.45, 7) is 8.24. The molecular weight excluding hydrogens is 202 g/mol. The van der Waals surface area contributed by atoms with Crippen molar-refractivity contribution in [3.8, 4) is 0 Å². The van der Waals surface area contributed by atoms with Crippen LogP contribution in [0.5, 0.6) is 0 Å². The van der Waals surface area contributed by atoms with Gasteiger partial charge in [-0.2, -0.15) is 0 Å². The maximum Gasteiger partial charge on any atom is 0.182 e. The van der Waals surface area contributed by atoms with Crippen LogP contribution in [0.4, 0.5) is 5.82 Å². The molecule has 2 aromatic rings. The fourth-order valence-corrected chi connectivity index (χ4v) is 1.21. The second-order valence-electron chi connectivity index (χ2n) is 3.28. The van der Waals surface area contributed by atoms with Gasteiger partial charge in [-0.15, -0.1) is 0 Å². The molecular formula is C11H19N5. The smallest absolute Gasteiger partial charge is 0.182 e. The number of nitrogens with one attached hydrogen (secondary N) is 2. The van der Waals surface area contributed by atoms with Gasteiger partial charge in [-0.25, -0.2) is 15.0 Å². The van der Waals surface area contributed by atoms with E-state index in [1.807, 2.05) is 13.8 Å². The fourth-order valence-electron chi connectivity index (χ4n) is 1.21. The monoisotopic (exact) mass is 221 g/mol. The Morgan fingerprint density at radius 2 is 2.06 bits per heavy atom. The van der Waals surface area contributed by atoms with E-state index < -0.39 is 0 Å². The summed E-state index contributed by atoms with van der Waals surface area (Å²) in [5.74, 6) is 0.821. The summed E-state index contributed by atoms with van der Waals surface area (Å²) in [5.41, 5.74) is 1.57. The quantitative estimate of drug-likeness (QED) is 0.836. The topological polar surface area (TPSA) is 66.5 Å². The zero-order chi connectivity index (χ0) is 12.0. The van der Waals surface area contributed by atoms with Gasteiger partial charge >= 0.3 is 0 Å². The number of aromatic nitrogens is 4. The van der Waals surface area contributed by atoms with Crippen LogP contribution in [-0.2, 0) is 0 Å². The molecule has 2 rings (SSSR count). The third-order valence-electron chi connectivity index (χ3n) is 2.22. The van der Waals surface area contributed by atoms with Crippen LogP contribution in [0.15, 0.2) is 12.7 Å². The van der Waals surface area contributed by atoms with E-state index in [2.05, 4.69) is 39.1 Å². The van der Waals surface area contributed by atoms with Crippen LogP contribution in [0, 0.1) is 0 Å². The molecule has 0 radical (unpaired) electrons. The van der Waals surface area contributed by atoms with Gasteiger partial charge in [0, 0.05) is 6.04 Å². The van der Waals surface area contributed by atoms with Crippen LogP contribution in [0.3, 0.4) is 0 Å². The molecule has 88 valence electrons. The number of imidazole rings is 1. The number of H-pyrrole nitrogens is 1. The van der Waals surface area contributed by atoms with Crippen molar-refractivity contribution in [1.29, 1.82) is 0 Å². The van der Waals surface area contributed by atoms with Crippen molar-refractivity contribution in [3.05, 3.63) is 12.7 Å². The molecule has 0 bridgehead atoms. The number of hydrogen-bond donors (Lipinski definition) is 2. The molecule has 2 heterocycles. The molecule has 0 saturated carbocycles. The second kappa shape index (κ2) is 6.05. The average Bonchev–Trinajstić information content (AvgIpc) is 2.81. The molecule has 0 aliphatic heterocycles. The zero-order valence-electron chi connectivity index (χ0n) is 10.3. The lowest BCUT2D eigenvalue weighted by atomic mass is 10.2. The maximum atomic E-state index is 4.17. The lowest BCUT2D eigenvalue weighted by molar-refractivity contribution is 0.760. The van der Waals surface area contributed by atoms with E-state index in [4.69, 9.17) is 0 Å². The van der Waals surface area contributed by atoms with E-state index in [1.54, 1.807) is 6.33 Å². The first-order valence-electron chi connectivity index (χ1n) is 5.72. The van der Waals surface area contributed by atoms with Crippen molar-refractivity contribution in [2.75, 3.05) is 5.32 Å². The molecule has 0 fully saturated rings. The van der Waals surface area contributed by atoms with Gasteiger partial charge in [0.2, 0.25) is 0 Å². The summed E-state index contributed by atoms with van der Waals surface area (Å²) in [6.07, 6.45) is 4.20. The van der Waals surface area contributed by atoms with Gasteiger partial charge in [-0.1, -0.05) is 20.8 Å². The molecule has 1 atom stereocenters. The van der Waals surface area contributed by atoms with Gasteiger partial charge in [0.25, 0.3) is 0 Å². The molecule has 2 aromatic heterocycles. The van der Waals surface area contributed by atoms with Gasteiger partial charge in [-0.3, -0.25) is 0 Å². The van der Waals surface area contributed by atoms with E-state index >= 15 is 0 Å². The van der Waals surface area contributed by atoms with Crippen LogP contribution in [0.2, 0.25) is 0 Å². The zero-order valence-corrected chi connectivity index (χ0v) is 10.3. The van der Waals surface area contributed by atoms with Crippen LogP contribution in [-0.4, -0.2) is 26.0 Å². The highest BCUT2D eigenvalue weighted by atomic mass is 15.1. The minimum Gasteiger partial charge on any atom is -0.366 e. The summed E-state index contributed by atoms with van der Waals surface area (Å²) in [4.78, 5) is 15.3. The summed E-state index contributed by atoms with van der Waals surface area (Å²) in [6, 6.07) is 0.399. The molecule has 5 nitrogen and oxygen atoms in total. The highest BCUT2D eigenvalue weighted by molar-refractivity contribution is 5.81. The van der Waals surface area contributed by atoms with Gasteiger partial charge in [0.1, 0.15) is 11.8 Å². The predicted molar refractivity (Wildman–Crippen MR) is 66.4 cm³/mol. The third-order valence-corrected chi connectivity index (χ3v) is 2.22. The van der Waals surface area contributed by atoms with Crippen molar-refractivity contribution in [3.63, 3.8) is 0 Å². The maximum absolute atomic E-state index is 4.17. The van der Waals surface area contributed by atoms with Gasteiger partial charge < -0.3 is 10.3 Å². The first-order valence-corrected chi connectivity index (χ1v) is 5.72. The van der Waals surface area contributed by atoms with E-state index in [0.717, 1.165) is 17.8 Å². The molecule has 0 spiro atoms. The van der Waals surface area contributed by atoms with E-state index in [1.165, 1.54) is 6.33 Å². The highest BCUT2D eigenvalue weighted by Gasteiger charge is 2.06. The largest absolute Gasteiger partial charge is 0.366 e. The summed E-state index contributed by atoms with van der Waals surface area (Å²) in [5, 5.41) is 3.30. The van der Waals surface area contributed by atoms with Crippen LogP contribution < -0.4 is 5.32 Å². The SMILES string of the molecule is CC.CCC(C)Nc1ncnc2nc[nH]c12. The number of anilines is 1. The Morgan fingerprint density at radius 3 is 2.75 bits per heavy atom. The van der Waals surface area contributed by atoms with Gasteiger partial charge in [0.05, 0.1) is 6.33 Å². The number of fused-ring (bicyclic) bond motifs is 1. The number of aromatic amines is 1. The van der Waals surface area contributed by atoms with Crippen LogP contribution in [0.25, 0.3) is 11.2 Å². The highest BCUT2D eigenvalue weighted by Crippen LogP contribution is 2.15. The Morgan fingerprint density at radius 1 is 1.31 bits per heavy atom. The number of hydrogen-bond acceptors (Lipinski definition) is 4. The first-order chi connectivity index (χ1) is 7.81. The van der Waals surface area contributed by atoms with E-state index in [9.17, 15) is 0 Å². The summed E-state index contributed by atoms with van der Waals surface area (Å²) in [7, 11) is 0. The van der Waals surface area contributed by atoms with Crippen molar-refractivity contribution in [2.24, 2.45) is 0 Å². The third kappa shape index (κ3) is 2.68. The molecule has 2 N–H and O–H groups in total. The van der Waals surface area contributed by atoms with Crippen LogP contribution in [0.1, 0.15) is 34.1 Å². The minimum atomic E-state index is 0.399. The lowest BCUT2D eigenvalue weighted by Crippen LogP contribution is -2.14. The molecule has 0 aromatic carbocycles. The van der Waals surface area contributed by atoms with Crippen molar-refractivity contribution in [1.82, 2.24) is 19.9 Å². The molecule has 1 unspecified atom stereocenters. The average molecular weight is 221 g/mol. The van der Waals surface area contributed by atoms with Crippen LogP contribution >= 0.6 is 0 Å². The summed E-state index contributed by atoms with van der Waals surface area (Å²) < 4.78 is 0. The van der Waals surface area contributed by atoms with Crippen molar-refractivity contribution < 1.29 is 0 Å². The normalized spacial score (nSPS) is 11.8. The molecule has 0 amide bonds.